The fraction of sp³-hybridized carbons (Fsp3) is 0.308. The molecule has 0 spiro atoms. The maximum absolute atomic E-state index is 12.2. The Morgan fingerprint density at radius 1 is 1.50 bits per heavy atom. The predicted molar refractivity (Wildman–Crippen MR) is 70.2 cm³/mol. The zero-order valence-electron chi connectivity index (χ0n) is 9.62. The van der Waals surface area contributed by atoms with Crippen LogP contribution in [0.3, 0.4) is 0 Å². The number of allylic oxidation sites excluding steroid dienone is 1. The van der Waals surface area contributed by atoms with Gasteiger partial charge < -0.3 is 4.57 Å². The lowest BCUT2D eigenvalue weighted by atomic mass is 10.2. The Labute approximate surface area is 99.0 Å². The van der Waals surface area contributed by atoms with Crippen molar-refractivity contribution in [1.29, 1.82) is 0 Å². The average Bonchev–Trinajstić information content (AvgIpc) is 2.75. The van der Waals surface area contributed by atoms with Gasteiger partial charge in [-0.2, -0.15) is 0 Å². The third-order valence-electron chi connectivity index (χ3n) is 2.83. The van der Waals surface area contributed by atoms with E-state index in [-0.39, 0.29) is 5.43 Å². The van der Waals surface area contributed by atoms with E-state index in [0.29, 0.717) is 0 Å². The summed E-state index contributed by atoms with van der Waals surface area (Å²) in [5.41, 5.74) is 0.995. The van der Waals surface area contributed by atoms with E-state index in [1.807, 2.05) is 19.9 Å². The Balaban J connectivity index is 3.04. The highest BCUT2D eigenvalue weighted by Crippen LogP contribution is 2.24. The van der Waals surface area contributed by atoms with E-state index in [1.54, 1.807) is 23.9 Å². The molecule has 2 heterocycles. The fourth-order valence-electron chi connectivity index (χ4n) is 2.10. The second-order valence-corrected chi connectivity index (χ2v) is 4.83. The van der Waals surface area contributed by atoms with Crippen molar-refractivity contribution in [2.45, 2.75) is 25.4 Å². The number of hydrogen-bond donors (Lipinski definition) is 0. The maximum atomic E-state index is 12.2. The normalized spacial score (nSPS) is 16.6. The fourth-order valence-corrected chi connectivity index (χ4v) is 3.23. The van der Waals surface area contributed by atoms with Gasteiger partial charge in [0.25, 0.3) is 0 Å². The quantitative estimate of drug-likeness (QED) is 0.723. The number of fused-ring (bicyclic) bond motifs is 1. The monoisotopic (exact) mass is 233 g/mol. The van der Waals surface area contributed by atoms with Gasteiger partial charge in [0.05, 0.1) is 5.03 Å². The van der Waals surface area contributed by atoms with E-state index in [1.165, 1.54) is 0 Å². The Morgan fingerprint density at radius 3 is 2.88 bits per heavy atom. The largest absolute Gasteiger partial charge is 0.335 e. The molecule has 2 nitrogen and oxygen atoms in total. The number of pyridine rings is 1. The van der Waals surface area contributed by atoms with Crippen LogP contribution in [0.4, 0.5) is 0 Å². The summed E-state index contributed by atoms with van der Waals surface area (Å²) in [6.07, 6.45) is 5.49. The van der Waals surface area contributed by atoms with Gasteiger partial charge in [0.15, 0.2) is 5.43 Å². The van der Waals surface area contributed by atoms with Crippen LogP contribution >= 0.6 is 11.8 Å². The summed E-state index contributed by atoms with van der Waals surface area (Å²) in [4.78, 5) is 12.2. The van der Waals surface area contributed by atoms with Gasteiger partial charge in [0.1, 0.15) is 0 Å². The van der Waals surface area contributed by atoms with Crippen molar-refractivity contribution in [3.8, 4) is 0 Å². The van der Waals surface area contributed by atoms with Crippen LogP contribution in [0.5, 0.6) is 0 Å². The minimum absolute atomic E-state index is 0.133. The van der Waals surface area contributed by atoms with E-state index in [2.05, 4.69) is 11.1 Å². The zero-order chi connectivity index (χ0) is 11.7. The minimum Gasteiger partial charge on any atom is -0.335 e. The molecule has 0 radical (unpaired) electrons. The maximum Gasteiger partial charge on any atom is 0.193 e. The van der Waals surface area contributed by atoms with Gasteiger partial charge in [-0.15, -0.1) is 11.8 Å². The topological polar surface area (TPSA) is 22.0 Å². The van der Waals surface area contributed by atoms with Crippen molar-refractivity contribution in [2.24, 2.45) is 0 Å². The number of nitrogens with zero attached hydrogens (tertiary/aromatic N) is 1. The summed E-state index contributed by atoms with van der Waals surface area (Å²) >= 11 is 1.77. The Kier molecular flexibility index (Phi) is 3.06. The SMILES string of the molecule is C=C/C=c1/c(=O)c(C)c2n(/c1=C/C)CCS2. The molecule has 1 aliphatic heterocycles. The van der Waals surface area contributed by atoms with Crippen molar-refractivity contribution in [2.75, 3.05) is 5.75 Å². The minimum atomic E-state index is 0.133. The second kappa shape index (κ2) is 4.34. The van der Waals surface area contributed by atoms with Crippen LogP contribution in [0.15, 0.2) is 22.5 Å². The summed E-state index contributed by atoms with van der Waals surface area (Å²) in [7, 11) is 0. The van der Waals surface area contributed by atoms with Crippen molar-refractivity contribution in [3.05, 3.63) is 39.0 Å². The van der Waals surface area contributed by atoms with Crippen LogP contribution in [0.25, 0.3) is 12.2 Å². The van der Waals surface area contributed by atoms with Crippen molar-refractivity contribution >= 4 is 23.9 Å². The Bertz CT molecular complexity index is 610. The molecular formula is C13H15NOS. The van der Waals surface area contributed by atoms with Crippen LogP contribution in [-0.2, 0) is 6.54 Å². The number of rotatable bonds is 1. The molecule has 0 atom stereocenters. The molecule has 16 heavy (non-hydrogen) atoms. The summed E-state index contributed by atoms with van der Waals surface area (Å²) in [5, 5.41) is 2.91. The molecule has 3 heteroatoms. The summed E-state index contributed by atoms with van der Waals surface area (Å²) < 4.78 is 2.23. The van der Waals surface area contributed by atoms with E-state index in [4.69, 9.17) is 0 Å². The highest BCUT2D eigenvalue weighted by Gasteiger charge is 2.16. The molecule has 0 unspecified atom stereocenters. The number of hydrogen-bond acceptors (Lipinski definition) is 2. The summed E-state index contributed by atoms with van der Waals surface area (Å²) in [5.74, 6) is 1.05. The first kappa shape index (κ1) is 11.3. The van der Waals surface area contributed by atoms with Gasteiger partial charge in [-0.05, 0) is 19.9 Å². The zero-order valence-corrected chi connectivity index (χ0v) is 10.4. The van der Waals surface area contributed by atoms with Crippen LogP contribution in [-0.4, -0.2) is 10.3 Å². The standard InChI is InChI=1S/C13H15NOS/c1-4-6-10-11(5-2)14-7-8-16-13(14)9(3)12(10)15/h4-6H,1,7-8H2,2-3H3/b10-6+,11-5+. The number of aromatic nitrogens is 1. The molecule has 84 valence electrons. The van der Waals surface area contributed by atoms with Gasteiger partial charge in [0, 0.05) is 28.4 Å². The average molecular weight is 233 g/mol. The Morgan fingerprint density at radius 2 is 2.25 bits per heavy atom. The third-order valence-corrected chi connectivity index (χ3v) is 4.02. The molecule has 0 aliphatic carbocycles. The molecule has 1 aliphatic rings. The smallest absolute Gasteiger partial charge is 0.193 e. The van der Waals surface area contributed by atoms with E-state index in [9.17, 15) is 4.79 Å². The first-order valence-corrected chi connectivity index (χ1v) is 6.34. The van der Waals surface area contributed by atoms with Crippen molar-refractivity contribution in [1.82, 2.24) is 4.57 Å². The molecule has 0 saturated carbocycles. The molecule has 1 aromatic heterocycles. The lowest BCUT2D eigenvalue weighted by Gasteiger charge is -2.07. The molecule has 2 rings (SSSR count). The molecule has 0 aromatic carbocycles. The first-order chi connectivity index (χ1) is 7.70. The van der Waals surface area contributed by atoms with Gasteiger partial charge in [-0.1, -0.05) is 18.7 Å². The van der Waals surface area contributed by atoms with E-state index in [0.717, 1.165) is 33.5 Å². The van der Waals surface area contributed by atoms with E-state index >= 15 is 0 Å². The lowest BCUT2D eigenvalue weighted by Crippen LogP contribution is -2.46. The molecule has 0 bridgehead atoms. The summed E-state index contributed by atoms with van der Waals surface area (Å²) in [6, 6.07) is 0. The highest BCUT2D eigenvalue weighted by atomic mass is 32.2. The van der Waals surface area contributed by atoms with Crippen LogP contribution in [0, 0.1) is 6.92 Å². The lowest BCUT2D eigenvalue weighted by molar-refractivity contribution is 0.679. The van der Waals surface area contributed by atoms with Crippen LogP contribution < -0.4 is 16.0 Å². The molecular weight excluding hydrogens is 218 g/mol. The van der Waals surface area contributed by atoms with Gasteiger partial charge >= 0.3 is 0 Å². The van der Waals surface area contributed by atoms with Gasteiger partial charge in [0.2, 0.25) is 0 Å². The predicted octanol–water partition coefficient (Wildman–Crippen LogP) is 1.03. The second-order valence-electron chi connectivity index (χ2n) is 3.75. The molecule has 1 aromatic rings. The van der Waals surface area contributed by atoms with E-state index < -0.39 is 0 Å². The van der Waals surface area contributed by atoms with Gasteiger partial charge in [-0.3, -0.25) is 4.79 Å². The Hall–Kier alpha value is -1.22. The third kappa shape index (κ3) is 1.55. The van der Waals surface area contributed by atoms with Gasteiger partial charge in [-0.25, -0.2) is 0 Å². The van der Waals surface area contributed by atoms with Crippen LogP contribution in [0.1, 0.15) is 12.5 Å². The molecule has 0 saturated heterocycles. The summed E-state index contributed by atoms with van der Waals surface area (Å²) in [6.45, 7) is 8.54. The van der Waals surface area contributed by atoms with Crippen molar-refractivity contribution in [3.63, 3.8) is 0 Å². The highest BCUT2D eigenvalue weighted by molar-refractivity contribution is 7.99. The number of thioether (sulfide) groups is 1. The van der Waals surface area contributed by atoms with Crippen LogP contribution in [0.2, 0.25) is 0 Å². The molecule has 0 N–H and O–H groups in total. The molecule has 0 fully saturated rings. The van der Waals surface area contributed by atoms with Crippen molar-refractivity contribution < 1.29 is 0 Å². The first-order valence-electron chi connectivity index (χ1n) is 5.36. The molecule has 0 amide bonds.